The van der Waals surface area contributed by atoms with Gasteiger partial charge in [-0.15, -0.1) is 0 Å². The number of Topliss-reactive ketones (excluding diaryl/α,β-unsaturated/α-hetero) is 1. The molecule has 0 aromatic heterocycles. The molecule has 1 fully saturated rings. The van der Waals surface area contributed by atoms with Crippen molar-refractivity contribution in [2.45, 2.75) is 71.4 Å². The SMILES string of the molecule is CCc1ccc(C2C(C(=O)CC(C)C)=C(O)C(=O)N2C2CCCC2)cc1. The summed E-state index contributed by atoms with van der Waals surface area (Å²) in [6.07, 6.45) is 5.34. The number of benzene rings is 1. The van der Waals surface area contributed by atoms with Crippen molar-refractivity contribution in [2.24, 2.45) is 5.92 Å². The predicted octanol–water partition coefficient (Wildman–Crippen LogP) is 4.50. The van der Waals surface area contributed by atoms with Crippen LogP contribution in [0.15, 0.2) is 35.6 Å². The summed E-state index contributed by atoms with van der Waals surface area (Å²) < 4.78 is 0. The molecule has 0 spiro atoms. The summed E-state index contributed by atoms with van der Waals surface area (Å²) >= 11 is 0. The number of rotatable bonds is 6. The number of hydrogen-bond acceptors (Lipinski definition) is 3. The van der Waals surface area contributed by atoms with Gasteiger partial charge in [0.2, 0.25) is 0 Å². The minimum atomic E-state index is -0.456. The van der Waals surface area contributed by atoms with Gasteiger partial charge >= 0.3 is 0 Å². The summed E-state index contributed by atoms with van der Waals surface area (Å²) in [6.45, 7) is 6.06. The minimum absolute atomic E-state index is 0.102. The van der Waals surface area contributed by atoms with Crippen LogP contribution in [0.5, 0.6) is 0 Å². The summed E-state index contributed by atoms with van der Waals surface area (Å²) in [5, 5.41) is 10.6. The van der Waals surface area contributed by atoms with Crippen LogP contribution < -0.4 is 0 Å². The Kier molecular flexibility index (Phi) is 5.49. The van der Waals surface area contributed by atoms with Crippen LogP contribution >= 0.6 is 0 Å². The molecule has 2 aliphatic rings. The first kappa shape index (κ1) is 18.7. The second-order valence-corrected chi connectivity index (χ2v) is 7.93. The highest BCUT2D eigenvalue weighted by molar-refractivity contribution is 6.09. The quantitative estimate of drug-likeness (QED) is 0.817. The first-order valence-corrected chi connectivity index (χ1v) is 9.81. The van der Waals surface area contributed by atoms with Crippen molar-refractivity contribution >= 4 is 11.7 Å². The standard InChI is InChI=1S/C22H29NO3/c1-4-15-9-11-16(12-10-15)20-19(18(24)13-14(2)3)21(25)22(26)23(20)17-7-5-6-8-17/h9-12,14,17,20,25H,4-8,13H2,1-3H3. The van der Waals surface area contributed by atoms with Gasteiger partial charge in [-0.3, -0.25) is 9.59 Å². The molecular formula is C22H29NO3. The lowest BCUT2D eigenvalue weighted by atomic mass is 9.91. The summed E-state index contributed by atoms with van der Waals surface area (Å²) in [7, 11) is 0. The molecule has 1 amide bonds. The van der Waals surface area contributed by atoms with Gasteiger partial charge in [0.05, 0.1) is 11.6 Å². The van der Waals surface area contributed by atoms with Gasteiger partial charge in [0.1, 0.15) is 0 Å². The fraction of sp³-hybridized carbons (Fsp3) is 0.545. The van der Waals surface area contributed by atoms with Gasteiger partial charge in [-0.1, -0.05) is 57.9 Å². The van der Waals surface area contributed by atoms with E-state index in [2.05, 4.69) is 6.92 Å². The van der Waals surface area contributed by atoms with Crippen molar-refractivity contribution in [3.05, 3.63) is 46.7 Å². The Bertz CT molecular complexity index is 711. The highest BCUT2D eigenvalue weighted by Gasteiger charge is 2.46. The fourth-order valence-corrected chi connectivity index (χ4v) is 4.21. The molecule has 0 radical (unpaired) electrons. The van der Waals surface area contributed by atoms with Crippen molar-refractivity contribution in [3.8, 4) is 0 Å². The molecular weight excluding hydrogens is 326 g/mol. The molecule has 1 unspecified atom stereocenters. The number of carbonyl (C=O) groups is 2. The van der Waals surface area contributed by atoms with E-state index in [1.165, 1.54) is 5.56 Å². The van der Waals surface area contributed by atoms with Crippen LogP contribution in [0, 0.1) is 5.92 Å². The lowest BCUT2D eigenvalue weighted by molar-refractivity contribution is -0.131. The number of aliphatic hydroxyl groups is 1. The smallest absolute Gasteiger partial charge is 0.290 e. The Labute approximate surface area is 155 Å². The van der Waals surface area contributed by atoms with Crippen molar-refractivity contribution < 1.29 is 14.7 Å². The molecule has 1 N–H and O–H groups in total. The zero-order valence-corrected chi connectivity index (χ0v) is 16.0. The maximum atomic E-state index is 12.9. The Morgan fingerprint density at radius 3 is 2.35 bits per heavy atom. The predicted molar refractivity (Wildman–Crippen MR) is 102 cm³/mol. The lowest BCUT2D eigenvalue weighted by Gasteiger charge is -2.32. The van der Waals surface area contributed by atoms with Crippen molar-refractivity contribution in [1.82, 2.24) is 4.90 Å². The Hall–Kier alpha value is -2.10. The fourth-order valence-electron chi connectivity index (χ4n) is 4.21. The van der Waals surface area contributed by atoms with Crippen LogP contribution in [0.3, 0.4) is 0 Å². The average Bonchev–Trinajstić information content (AvgIpc) is 3.22. The second-order valence-electron chi connectivity index (χ2n) is 7.93. The summed E-state index contributed by atoms with van der Waals surface area (Å²) in [5.74, 6) is -0.654. The first-order chi connectivity index (χ1) is 12.4. The van der Waals surface area contributed by atoms with Gasteiger partial charge in [0.25, 0.3) is 5.91 Å². The number of ketones is 1. The van der Waals surface area contributed by atoms with Gasteiger partial charge in [0, 0.05) is 12.5 Å². The lowest BCUT2D eigenvalue weighted by Crippen LogP contribution is -2.38. The maximum absolute atomic E-state index is 12.9. The van der Waals surface area contributed by atoms with E-state index in [0.29, 0.717) is 12.0 Å². The number of aliphatic hydroxyl groups excluding tert-OH is 1. The van der Waals surface area contributed by atoms with Crippen LogP contribution in [-0.2, 0) is 16.0 Å². The van der Waals surface area contributed by atoms with Gasteiger partial charge in [-0.05, 0) is 36.3 Å². The van der Waals surface area contributed by atoms with E-state index in [9.17, 15) is 14.7 Å². The highest BCUT2D eigenvalue weighted by atomic mass is 16.3. The van der Waals surface area contributed by atoms with Gasteiger partial charge in [-0.2, -0.15) is 0 Å². The number of hydrogen-bond donors (Lipinski definition) is 1. The first-order valence-electron chi connectivity index (χ1n) is 9.81. The van der Waals surface area contributed by atoms with Crippen molar-refractivity contribution in [2.75, 3.05) is 0 Å². The van der Waals surface area contributed by atoms with Crippen LogP contribution in [0.1, 0.15) is 70.0 Å². The van der Waals surface area contributed by atoms with Crippen LogP contribution in [0.25, 0.3) is 0 Å². The number of carbonyl (C=O) groups excluding carboxylic acids is 2. The normalized spacial score (nSPS) is 21.3. The molecule has 1 atom stereocenters. The molecule has 0 saturated heterocycles. The van der Waals surface area contributed by atoms with E-state index in [0.717, 1.165) is 37.7 Å². The number of amides is 1. The van der Waals surface area contributed by atoms with E-state index in [1.54, 1.807) is 4.90 Å². The average molecular weight is 355 g/mol. The minimum Gasteiger partial charge on any atom is -0.503 e. The topological polar surface area (TPSA) is 57.6 Å². The maximum Gasteiger partial charge on any atom is 0.290 e. The Morgan fingerprint density at radius 1 is 1.19 bits per heavy atom. The Balaban J connectivity index is 2.03. The van der Waals surface area contributed by atoms with Gasteiger partial charge in [-0.25, -0.2) is 0 Å². The Morgan fingerprint density at radius 2 is 1.81 bits per heavy atom. The molecule has 1 aromatic rings. The molecule has 1 aliphatic heterocycles. The molecule has 26 heavy (non-hydrogen) atoms. The monoisotopic (exact) mass is 355 g/mol. The molecule has 4 nitrogen and oxygen atoms in total. The van der Waals surface area contributed by atoms with Crippen LogP contribution in [0.4, 0.5) is 0 Å². The third-order valence-electron chi connectivity index (χ3n) is 5.56. The van der Waals surface area contributed by atoms with Gasteiger partial charge in [0.15, 0.2) is 11.5 Å². The van der Waals surface area contributed by atoms with E-state index >= 15 is 0 Å². The molecule has 1 saturated carbocycles. The molecule has 1 aliphatic carbocycles. The molecule has 0 bridgehead atoms. The zero-order chi connectivity index (χ0) is 18.8. The number of aryl methyl sites for hydroxylation is 1. The van der Waals surface area contributed by atoms with Gasteiger partial charge < -0.3 is 10.0 Å². The highest BCUT2D eigenvalue weighted by Crippen LogP contribution is 2.43. The largest absolute Gasteiger partial charge is 0.503 e. The summed E-state index contributed by atoms with van der Waals surface area (Å²) in [4.78, 5) is 27.5. The summed E-state index contributed by atoms with van der Waals surface area (Å²) in [5.41, 5.74) is 2.42. The van der Waals surface area contributed by atoms with E-state index in [-0.39, 0.29) is 29.4 Å². The molecule has 140 valence electrons. The summed E-state index contributed by atoms with van der Waals surface area (Å²) in [6, 6.07) is 7.74. The molecule has 4 heteroatoms. The number of nitrogens with zero attached hydrogens (tertiary/aromatic N) is 1. The van der Waals surface area contributed by atoms with E-state index in [1.807, 2.05) is 38.1 Å². The zero-order valence-electron chi connectivity index (χ0n) is 16.0. The van der Waals surface area contributed by atoms with Crippen molar-refractivity contribution in [3.63, 3.8) is 0 Å². The van der Waals surface area contributed by atoms with E-state index < -0.39 is 6.04 Å². The molecule has 3 rings (SSSR count). The third kappa shape index (κ3) is 3.42. The van der Waals surface area contributed by atoms with Crippen LogP contribution in [0.2, 0.25) is 0 Å². The second kappa shape index (κ2) is 7.65. The third-order valence-corrected chi connectivity index (χ3v) is 5.56. The van der Waals surface area contributed by atoms with Crippen molar-refractivity contribution in [1.29, 1.82) is 0 Å². The van der Waals surface area contributed by atoms with E-state index in [4.69, 9.17) is 0 Å². The molecule has 1 aromatic carbocycles. The molecule has 1 heterocycles. The van der Waals surface area contributed by atoms with Crippen LogP contribution in [-0.4, -0.2) is 27.7 Å².